The molecule has 0 aliphatic carbocycles. The average molecular weight is 359 g/mol. The van der Waals surface area contributed by atoms with Crippen LogP contribution < -0.4 is 0 Å². The van der Waals surface area contributed by atoms with E-state index in [2.05, 4.69) is 13.8 Å². The summed E-state index contributed by atoms with van der Waals surface area (Å²) in [5.41, 5.74) is -0.696. The second kappa shape index (κ2) is 15.2. The lowest BCUT2D eigenvalue weighted by Gasteiger charge is -2.29. The van der Waals surface area contributed by atoms with Crippen LogP contribution in [0.4, 0.5) is 0 Å². The van der Waals surface area contributed by atoms with E-state index in [9.17, 15) is 14.7 Å². The van der Waals surface area contributed by atoms with Gasteiger partial charge in [-0.2, -0.15) is 0 Å². The predicted molar refractivity (Wildman–Crippen MR) is 99.2 cm³/mol. The van der Waals surface area contributed by atoms with Gasteiger partial charge < -0.3 is 14.6 Å². The molecule has 148 valence electrons. The topological polar surface area (TPSA) is 72.8 Å². The number of aliphatic hydroxyl groups is 1. The second-order valence-electron chi connectivity index (χ2n) is 6.95. The number of hydrogen-bond acceptors (Lipinski definition) is 5. The minimum Gasteiger partial charge on any atom is -0.465 e. The molecule has 0 heterocycles. The van der Waals surface area contributed by atoms with E-state index in [1.165, 1.54) is 0 Å². The Labute approximate surface area is 153 Å². The lowest BCUT2D eigenvalue weighted by atomic mass is 9.88. The summed E-state index contributed by atoms with van der Waals surface area (Å²) in [7, 11) is 0. The van der Waals surface area contributed by atoms with Crippen molar-refractivity contribution < 1.29 is 24.2 Å². The van der Waals surface area contributed by atoms with Gasteiger partial charge in [0.05, 0.1) is 12.0 Å². The van der Waals surface area contributed by atoms with Crippen molar-refractivity contribution >= 4 is 11.9 Å². The summed E-state index contributed by atoms with van der Waals surface area (Å²) in [4.78, 5) is 23.6. The largest absolute Gasteiger partial charge is 0.465 e. The number of rotatable bonds is 16. The van der Waals surface area contributed by atoms with Crippen molar-refractivity contribution in [3.05, 3.63) is 0 Å². The third-order valence-corrected chi connectivity index (χ3v) is 4.63. The van der Waals surface area contributed by atoms with Gasteiger partial charge in [-0.15, -0.1) is 0 Å². The van der Waals surface area contributed by atoms with Crippen molar-refractivity contribution in [3.63, 3.8) is 0 Å². The molecular formula is C20H38O5. The van der Waals surface area contributed by atoms with E-state index in [1.807, 2.05) is 6.92 Å². The minimum absolute atomic E-state index is 0.0930. The van der Waals surface area contributed by atoms with Crippen LogP contribution in [0.15, 0.2) is 0 Å². The van der Waals surface area contributed by atoms with Crippen LogP contribution in [0.2, 0.25) is 0 Å². The van der Waals surface area contributed by atoms with Crippen LogP contribution in [0.5, 0.6) is 0 Å². The molecule has 0 aliphatic rings. The number of carbonyl (C=O) groups is 2. The summed E-state index contributed by atoms with van der Waals surface area (Å²) < 4.78 is 10.6. The van der Waals surface area contributed by atoms with Crippen LogP contribution in [0.25, 0.3) is 0 Å². The molecular weight excluding hydrogens is 320 g/mol. The molecule has 0 atom stereocenters. The quantitative estimate of drug-likeness (QED) is 0.327. The second-order valence-corrected chi connectivity index (χ2v) is 6.95. The van der Waals surface area contributed by atoms with Crippen molar-refractivity contribution in [2.45, 2.75) is 91.4 Å². The smallest absolute Gasteiger partial charge is 0.305 e. The molecule has 0 aromatic rings. The molecule has 0 aromatic carbocycles. The summed E-state index contributed by atoms with van der Waals surface area (Å²) in [6.45, 7) is 6.17. The highest BCUT2D eigenvalue weighted by molar-refractivity contribution is 5.69. The van der Waals surface area contributed by atoms with Gasteiger partial charge in [-0.1, -0.05) is 59.3 Å². The van der Waals surface area contributed by atoms with E-state index in [0.717, 1.165) is 51.4 Å². The molecule has 0 aliphatic heterocycles. The Morgan fingerprint density at radius 1 is 0.760 bits per heavy atom. The molecule has 0 radical (unpaired) electrons. The Morgan fingerprint density at radius 2 is 1.20 bits per heavy atom. The fraction of sp³-hybridized carbons (Fsp3) is 0.900. The fourth-order valence-electron chi connectivity index (χ4n) is 2.45. The third-order valence-electron chi connectivity index (χ3n) is 4.63. The van der Waals surface area contributed by atoms with Crippen molar-refractivity contribution in [2.75, 3.05) is 19.8 Å². The van der Waals surface area contributed by atoms with Gasteiger partial charge in [0, 0.05) is 12.8 Å². The summed E-state index contributed by atoms with van der Waals surface area (Å²) in [5, 5.41) is 9.71. The molecule has 0 spiro atoms. The SMILES string of the molecule is CCCCCCC(=O)OCC(CC)(CO)COC(=O)CCCCCC. The Balaban J connectivity index is 4.17. The van der Waals surface area contributed by atoms with E-state index in [-0.39, 0.29) is 31.8 Å². The van der Waals surface area contributed by atoms with Crippen LogP contribution in [0, 0.1) is 5.41 Å². The molecule has 0 unspecified atom stereocenters. The number of aliphatic hydroxyl groups excluding tert-OH is 1. The highest BCUT2D eigenvalue weighted by Crippen LogP contribution is 2.23. The van der Waals surface area contributed by atoms with Crippen LogP contribution in [-0.2, 0) is 19.1 Å². The van der Waals surface area contributed by atoms with Gasteiger partial charge >= 0.3 is 11.9 Å². The van der Waals surface area contributed by atoms with Crippen molar-refractivity contribution in [1.82, 2.24) is 0 Å². The lowest BCUT2D eigenvalue weighted by Crippen LogP contribution is -2.37. The van der Waals surface area contributed by atoms with E-state index in [4.69, 9.17) is 9.47 Å². The molecule has 0 saturated heterocycles. The number of unbranched alkanes of at least 4 members (excludes halogenated alkanes) is 6. The number of carbonyl (C=O) groups excluding carboxylic acids is 2. The first kappa shape index (κ1) is 23.9. The zero-order valence-corrected chi connectivity index (χ0v) is 16.5. The van der Waals surface area contributed by atoms with Gasteiger partial charge in [0.15, 0.2) is 0 Å². The van der Waals surface area contributed by atoms with E-state index >= 15 is 0 Å². The highest BCUT2D eigenvalue weighted by atomic mass is 16.5. The molecule has 0 bridgehead atoms. The fourth-order valence-corrected chi connectivity index (χ4v) is 2.45. The molecule has 0 rings (SSSR count). The third kappa shape index (κ3) is 12.0. The lowest BCUT2D eigenvalue weighted by molar-refractivity contribution is -0.156. The molecule has 0 amide bonds. The molecule has 5 nitrogen and oxygen atoms in total. The van der Waals surface area contributed by atoms with Crippen molar-refractivity contribution in [1.29, 1.82) is 0 Å². The first-order valence-electron chi connectivity index (χ1n) is 9.95. The predicted octanol–water partition coefficient (Wildman–Crippen LogP) is 4.40. The van der Waals surface area contributed by atoms with E-state index < -0.39 is 5.41 Å². The van der Waals surface area contributed by atoms with Crippen LogP contribution in [0.3, 0.4) is 0 Å². The van der Waals surface area contributed by atoms with Gasteiger partial charge in [-0.05, 0) is 19.3 Å². The Hall–Kier alpha value is -1.10. The van der Waals surface area contributed by atoms with Gasteiger partial charge in [-0.25, -0.2) is 0 Å². The van der Waals surface area contributed by atoms with Crippen LogP contribution in [-0.4, -0.2) is 36.9 Å². The summed E-state index contributed by atoms with van der Waals surface area (Å²) in [6.07, 6.45) is 9.61. The maximum Gasteiger partial charge on any atom is 0.305 e. The molecule has 0 aromatic heterocycles. The van der Waals surface area contributed by atoms with Crippen molar-refractivity contribution in [2.24, 2.45) is 5.41 Å². The van der Waals surface area contributed by atoms with Crippen molar-refractivity contribution in [3.8, 4) is 0 Å². The number of ether oxygens (including phenoxy) is 2. The first-order chi connectivity index (χ1) is 12.0. The minimum atomic E-state index is -0.696. The maximum absolute atomic E-state index is 11.8. The van der Waals surface area contributed by atoms with Gasteiger partial charge in [0.25, 0.3) is 0 Å². The maximum atomic E-state index is 11.8. The van der Waals surface area contributed by atoms with Gasteiger partial charge in [-0.3, -0.25) is 9.59 Å². The molecule has 0 saturated carbocycles. The number of hydrogen-bond donors (Lipinski definition) is 1. The highest BCUT2D eigenvalue weighted by Gasteiger charge is 2.31. The van der Waals surface area contributed by atoms with E-state index in [1.54, 1.807) is 0 Å². The molecule has 1 N–H and O–H groups in total. The zero-order chi connectivity index (χ0) is 19.0. The Kier molecular flexibility index (Phi) is 14.5. The molecule has 0 fully saturated rings. The van der Waals surface area contributed by atoms with Crippen LogP contribution in [0.1, 0.15) is 91.4 Å². The number of esters is 2. The van der Waals surface area contributed by atoms with Crippen LogP contribution >= 0.6 is 0 Å². The summed E-state index contributed by atoms with van der Waals surface area (Å²) in [5.74, 6) is -0.485. The van der Waals surface area contributed by atoms with E-state index in [0.29, 0.717) is 19.3 Å². The zero-order valence-electron chi connectivity index (χ0n) is 16.5. The Morgan fingerprint density at radius 3 is 1.52 bits per heavy atom. The monoisotopic (exact) mass is 358 g/mol. The average Bonchev–Trinajstić information content (AvgIpc) is 2.63. The van der Waals surface area contributed by atoms with Gasteiger partial charge in [0.1, 0.15) is 13.2 Å². The Bertz CT molecular complexity index is 320. The van der Waals surface area contributed by atoms with Gasteiger partial charge in [0.2, 0.25) is 0 Å². The molecule has 25 heavy (non-hydrogen) atoms. The molecule has 5 heteroatoms. The normalized spacial score (nSPS) is 11.4. The summed E-state index contributed by atoms with van der Waals surface area (Å²) >= 11 is 0. The first-order valence-corrected chi connectivity index (χ1v) is 9.95. The summed E-state index contributed by atoms with van der Waals surface area (Å²) in [6, 6.07) is 0. The standard InChI is InChI=1S/C20H38O5/c1-4-7-9-11-13-18(22)24-16-20(6-3,15-21)17-25-19(23)14-12-10-8-5-2/h21H,4-17H2,1-3H3.